The van der Waals surface area contributed by atoms with Gasteiger partial charge >= 0.3 is 0 Å². The third-order valence-electron chi connectivity index (χ3n) is 6.13. The quantitative estimate of drug-likeness (QED) is 0.471. The second-order valence-corrected chi connectivity index (χ2v) is 8.23. The van der Waals surface area contributed by atoms with Gasteiger partial charge in [-0.2, -0.15) is 0 Å². The number of hydrogen-bond donors (Lipinski definition) is 2. The molecule has 1 aliphatic rings. The lowest BCUT2D eigenvalue weighted by Gasteiger charge is -2.10. The Morgan fingerprint density at radius 2 is 1.90 bits per heavy atom. The molecule has 0 aliphatic heterocycles. The molecule has 4 aromatic rings. The van der Waals surface area contributed by atoms with Gasteiger partial charge in [-0.15, -0.1) is 5.10 Å². The van der Waals surface area contributed by atoms with Crippen molar-refractivity contribution in [3.8, 4) is 11.4 Å². The van der Waals surface area contributed by atoms with Crippen LogP contribution in [0.25, 0.3) is 16.9 Å². The molecule has 0 saturated heterocycles. The maximum Gasteiger partial charge on any atom is 0.277 e. The Labute approximate surface area is 181 Å². The molecule has 6 nitrogen and oxygen atoms in total. The predicted molar refractivity (Wildman–Crippen MR) is 123 cm³/mol. The van der Waals surface area contributed by atoms with Crippen molar-refractivity contribution in [3.63, 3.8) is 0 Å². The lowest BCUT2D eigenvalue weighted by Crippen LogP contribution is -2.16. The molecular weight excluding hydrogens is 386 g/mol. The Kier molecular flexibility index (Phi) is 5.28. The van der Waals surface area contributed by atoms with Crippen LogP contribution in [0, 0.1) is 0 Å². The first-order chi connectivity index (χ1) is 15.2. The molecule has 1 fully saturated rings. The lowest BCUT2D eigenvalue weighted by molar-refractivity contribution is 0.639. The van der Waals surface area contributed by atoms with Gasteiger partial charge in [0.05, 0.1) is 5.69 Å². The summed E-state index contributed by atoms with van der Waals surface area (Å²) in [5.41, 5.74) is 4.38. The van der Waals surface area contributed by atoms with Gasteiger partial charge in [0.25, 0.3) is 5.56 Å². The van der Waals surface area contributed by atoms with Gasteiger partial charge in [-0.1, -0.05) is 62.2 Å². The molecule has 0 bridgehead atoms. The van der Waals surface area contributed by atoms with Crippen LogP contribution in [0.1, 0.15) is 55.6 Å². The highest BCUT2D eigenvalue weighted by atomic mass is 16.1. The van der Waals surface area contributed by atoms with E-state index in [0.29, 0.717) is 17.3 Å². The Hall–Kier alpha value is -3.41. The zero-order chi connectivity index (χ0) is 21.2. The molecule has 31 heavy (non-hydrogen) atoms. The van der Waals surface area contributed by atoms with Crippen molar-refractivity contribution in [2.45, 2.75) is 51.5 Å². The molecule has 0 amide bonds. The van der Waals surface area contributed by atoms with Crippen LogP contribution in [-0.2, 0) is 13.0 Å². The predicted octanol–water partition coefficient (Wildman–Crippen LogP) is 4.92. The maximum atomic E-state index is 13.0. The number of imidazole rings is 1. The monoisotopic (exact) mass is 413 g/mol. The number of nitrogens with zero attached hydrogens (tertiary/aromatic N) is 3. The van der Waals surface area contributed by atoms with Crippen molar-refractivity contribution in [2.24, 2.45) is 0 Å². The summed E-state index contributed by atoms with van der Waals surface area (Å²) in [6.45, 7) is 2.77. The summed E-state index contributed by atoms with van der Waals surface area (Å²) in [5, 5.41) is 8.30. The van der Waals surface area contributed by atoms with Gasteiger partial charge in [0.15, 0.2) is 11.3 Å². The second-order valence-electron chi connectivity index (χ2n) is 8.23. The molecular formula is C25H27N5O. The van der Waals surface area contributed by atoms with Crippen molar-refractivity contribution in [2.75, 3.05) is 5.32 Å². The Morgan fingerprint density at radius 3 is 2.68 bits per heavy atom. The fourth-order valence-electron chi connectivity index (χ4n) is 4.50. The van der Waals surface area contributed by atoms with Crippen LogP contribution >= 0.6 is 0 Å². The highest BCUT2D eigenvalue weighted by molar-refractivity contribution is 5.63. The molecule has 1 saturated carbocycles. The fraction of sp³-hybridized carbons (Fsp3) is 0.320. The van der Waals surface area contributed by atoms with Crippen molar-refractivity contribution in [1.29, 1.82) is 0 Å². The third-order valence-corrected chi connectivity index (χ3v) is 6.13. The summed E-state index contributed by atoms with van der Waals surface area (Å²) in [6.07, 6.45) is 5.38. The molecule has 0 unspecified atom stereocenters. The van der Waals surface area contributed by atoms with E-state index in [9.17, 15) is 4.79 Å². The van der Waals surface area contributed by atoms with E-state index in [-0.39, 0.29) is 5.56 Å². The summed E-state index contributed by atoms with van der Waals surface area (Å²) in [7, 11) is 0. The molecule has 2 N–H and O–H groups in total. The van der Waals surface area contributed by atoms with E-state index in [2.05, 4.69) is 22.4 Å². The maximum absolute atomic E-state index is 13.0. The minimum atomic E-state index is -0.124. The highest BCUT2D eigenvalue weighted by Crippen LogP contribution is 2.34. The van der Waals surface area contributed by atoms with Gasteiger partial charge in [0.1, 0.15) is 5.82 Å². The largest absolute Gasteiger partial charge is 0.381 e. The van der Waals surface area contributed by atoms with Crippen LogP contribution in [0.5, 0.6) is 0 Å². The molecule has 158 valence electrons. The molecule has 2 heterocycles. The molecule has 2 aromatic heterocycles. The summed E-state index contributed by atoms with van der Waals surface area (Å²) < 4.78 is 1.81. The van der Waals surface area contributed by atoms with Crippen molar-refractivity contribution in [3.05, 3.63) is 82.0 Å². The van der Waals surface area contributed by atoms with E-state index >= 15 is 0 Å². The number of aryl methyl sites for hydroxylation is 1. The first-order valence-corrected chi connectivity index (χ1v) is 11.1. The number of H-pyrrole nitrogens is 1. The van der Waals surface area contributed by atoms with Crippen LogP contribution < -0.4 is 10.9 Å². The Balaban J connectivity index is 1.51. The fourth-order valence-corrected chi connectivity index (χ4v) is 4.50. The number of aromatic amines is 1. The Morgan fingerprint density at radius 1 is 1.10 bits per heavy atom. The van der Waals surface area contributed by atoms with Crippen molar-refractivity contribution < 1.29 is 0 Å². The molecule has 2 aromatic carbocycles. The van der Waals surface area contributed by atoms with E-state index in [4.69, 9.17) is 10.1 Å². The molecule has 0 radical (unpaired) electrons. The number of hydrogen-bond acceptors (Lipinski definition) is 4. The molecule has 0 atom stereocenters. The summed E-state index contributed by atoms with van der Waals surface area (Å²) in [5.74, 6) is 1.89. The number of benzene rings is 2. The second kappa shape index (κ2) is 8.38. The number of nitrogens with one attached hydrogen (secondary N) is 2. The SMILES string of the molecule is CCc1nc(C2CCCC2)n2nc(-c3cccc(NCc4ccccc4)c3)[nH]c(=O)c12. The van der Waals surface area contributed by atoms with Crippen molar-refractivity contribution >= 4 is 11.2 Å². The van der Waals surface area contributed by atoms with Crippen LogP contribution in [0.15, 0.2) is 59.4 Å². The lowest BCUT2D eigenvalue weighted by atomic mass is 10.1. The minimum Gasteiger partial charge on any atom is -0.381 e. The Bertz CT molecular complexity index is 1250. The normalized spacial score (nSPS) is 14.4. The summed E-state index contributed by atoms with van der Waals surface area (Å²) >= 11 is 0. The highest BCUT2D eigenvalue weighted by Gasteiger charge is 2.25. The zero-order valence-electron chi connectivity index (χ0n) is 17.8. The van der Waals surface area contributed by atoms with Gasteiger partial charge < -0.3 is 10.3 Å². The van der Waals surface area contributed by atoms with Crippen LogP contribution in [0.2, 0.25) is 0 Å². The van der Waals surface area contributed by atoms with Gasteiger partial charge in [0, 0.05) is 23.7 Å². The van der Waals surface area contributed by atoms with Crippen LogP contribution in [0.3, 0.4) is 0 Å². The number of aromatic nitrogens is 4. The molecule has 6 heteroatoms. The first kappa shape index (κ1) is 19.5. The molecule has 5 rings (SSSR count). The number of fused-ring (bicyclic) bond motifs is 1. The first-order valence-electron chi connectivity index (χ1n) is 11.1. The van der Waals surface area contributed by atoms with Gasteiger partial charge in [-0.25, -0.2) is 9.50 Å². The zero-order valence-corrected chi connectivity index (χ0v) is 17.8. The molecule has 0 spiro atoms. The minimum absolute atomic E-state index is 0.124. The van der Waals surface area contributed by atoms with Crippen molar-refractivity contribution in [1.82, 2.24) is 19.6 Å². The topological polar surface area (TPSA) is 75.1 Å². The van der Waals surface area contributed by atoms with E-state index in [0.717, 1.165) is 48.6 Å². The van der Waals surface area contributed by atoms with E-state index < -0.39 is 0 Å². The summed E-state index contributed by atoms with van der Waals surface area (Å²) in [6, 6.07) is 18.3. The van der Waals surface area contributed by atoms with Gasteiger partial charge in [-0.05, 0) is 37.0 Å². The van der Waals surface area contributed by atoms with Gasteiger partial charge in [-0.3, -0.25) is 4.79 Å². The standard InChI is InChI=1S/C25H27N5O/c1-2-21-22-25(31)28-23(29-30(22)24(27-21)18-11-6-7-12-18)19-13-8-14-20(15-19)26-16-17-9-4-3-5-10-17/h3-5,8-10,13-15,18,26H,2,6-7,11-12,16H2,1H3,(H,28,29,31). The smallest absolute Gasteiger partial charge is 0.277 e. The van der Waals surface area contributed by atoms with Crippen LogP contribution in [0.4, 0.5) is 5.69 Å². The average Bonchev–Trinajstić information content (AvgIpc) is 3.46. The number of rotatable bonds is 6. The van der Waals surface area contributed by atoms with Crippen LogP contribution in [-0.4, -0.2) is 19.6 Å². The van der Waals surface area contributed by atoms with E-state index in [1.807, 2.05) is 53.9 Å². The third kappa shape index (κ3) is 3.85. The van der Waals surface area contributed by atoms with Gasteiger partial charge in [0.2, 0.25) is 0 Å². The summed E-state index contributed by atoms with van der Waals surface area (Å²) in [4.78, 5) is 20.8. The average molecular weight is 414 g/mol. The van der Waals surface area contributed by atoms with E-state index in [1.165, 1.54) is 18.4 Å². The number of anilines is 1. The van der Waals surface area contributed by atoms with E-state index in [1.54, 1.807) is 0 Å². The molecule has 1 aliphatic carbocycles.